The first-order chi connectivity index (χ1) is 4.79. The first-order valence-corrected chi connectivity index (χ1v) is 4.92. The van der Waals surface area contributed by atoms with Crippen LogP contribution in [0.25, 0.3) is 10.1 Å². The molecule has 2 heteroatoms. The van der Waals surface area contributed by atoms with E-state index in [1.54, 1.807) is 0 Å². The normalized spacial score (nSPS) is 11.0. The average molecular weight is 168 g/mol. The maximum absolute atomic E-state index is 2.21. The van der Waals surface area contributed by atoms with Crippen molar-refractivity contribution in [2.24, 2.45) is 0 Å². The van der Waals surface area contributed by atoms with Gasteiger partial charge in [0.1, 0.15) is 0 Å². The molecule has 2 aromatic rings. The highest BCUT2D eigenvalue weighted by Gasteiger charge is 2.03. The van der Waals surface area contributed by atoms with E-state index < -0.39 is 0 Å². The molecule has 10 heavy (non-hydrogen) atoms. The molecule has 2 heterocycles. The van der Waals surface area contributed by atoms with Gasteiger partial charge in [0.15, 0.2) is 0 Å². The highest BCUT2D eigenvalue weighted by atomic mass is 32.1. The summed E-state index contributed by atoms with van der Waals surface area (Å²) < 4.78 is 1.47. The predicted octanol–water partition coefficient (Wildman–Crippen LogP) is 3.58. The van der Waals surface area contributed by atoms with E-state index in [1.807, 2.05) is 22.7 Å². The van der Waals surface area contributed by atoms with Crippen LogP contribution < -0.4 is 0 Å². The maximum Gasteiger partial charge on any atom is 0.0481 e. The molecule has 0 aliphatic heterocycles. The van der Waals surface area contributed by atoms with Crippen molar-refractivity contribution in [1.82, 2.24) is 0 Å². The third kappa shape index (κ3) is 0.724. The second kappa shape index (κ2) is 2.07. The first kappa shape index (κ1) is 6.38. The molecule has 0 N–H and O–H groups in total. The van der Waals surface area contributed by atoms with Gasteiger partial charge in [0.2, 0.25) is 0 Å². The van der Waals surface area contributed by atoms with Crippen molar-refractivity contribution in [3.05, 3.63) is 21.2 Å². The van der Waals surface area contributed by atoms with Gasteiger partial charge in [-0.3, -0.25) is 0 Å². The van der Waals surface area contributed by atoms with Crippen molar-refractivity contribution < 1.29 is 0 Å². The molecule has 2 rings (SSSR count). The minimum atomic E-state index is 1.45. The Morgan fingerprint density at radius 2 is 2.00 bits per heavy atom. The van der Waals surface area contributed by atoms with Gasteiger partial charge in [0, 0.05) is 19.8 Å². The van der Waals surface area contributed by atoms with Gasteiger partial charge in [-0.25, -0.2) is 0 Å². The van der Waals surface area contributed by atoms with Gasteiger partial charge in [0.25, 0.3) is 0 Å². The van der Waals surface area contributed by atoms with Crippen LogP contribution >= 0.6 is 22.7 Å². The Labute approximate surface area is 68.1 Å². The Morgan fingerprint density at radius 3 is 2.70 bits per heavy atom. The zero-order valence-corrected chi connectivity index (χ0v) is 7.60. The lowest BCUT2D eigenvalue weighted by Gasteiger charge is -1.75. The number of hydrogen-bond donors (Lipinski definition) is 0. The van der Waals surface area contributed by atoms with E-state index in [-0.39, 0.29) is 0 Å². The van der Waals surface area contributed by atoms with E-state index in [0.717, 1.165) is 0 Å². The van der Waals surface area contributed by atoms with Crippen molar-refractivity contribution in [3.8, 4) is 0 Å². The largest absolute Gasteiger partial charge is 0.144 e. The van der Waals surface area contributed by atoms with Gasteiger partial charge in [0.05, 0.1) is 0 Å². The van der Waals surface area contributed by atoms with Crippen LogP contribution in [-0.4, -0.2) is 0 Å². The smallest absolute Gasteiger partial charge is 0.0481 e. The highest BCUT2D eigenvalue weighted by Crippen LogP contribution is 2.33. The summed E-state index contributed by atoms with van der Waals surface area (Å²) in [6, 6.07) is 2.21. The molecule has 0 aliphatic rings. The zero-order valence-electron chi connectivity index (χ0n) is 5.97. The van der Waals surface area contributed by atoms with E-state index >= 15 is 0 Å². The summed E-state index contributed by atoms with van der Waals surface area (Å²) in [6.07, 6.45) is 0. The van der Waals surface area contributed by atoms with Gasteiger partial charge < -0.3 is 0 Å². The second-order valence-corrected chi connectivity index (χ2v) is 4.72. The topological polar surface area (TPSA) is 0 Å². The van der Waals surface area contributed by atoms with Gasteiger partial charge in [-0.2, -0.15) is 0 Å². The summed E-state index contributed by atoms with van der Waals surface area (Å²) in [5, 5.41) is 3.62. The fourth-order valence-corrected chi connectivity index (χ4v) is 3.32. The summed E-state index contributed by atoms with van der Waals surface area (Å²) in [7, 11) is 0. The molecule has 0 spiro atoms. The van der Waals surface area contributed by atoms with Crippen molar-refractivity contribution in [3.63, 3.8) is 0 Å². The van der Waals surface area contributed by atoms with Crippen LogP contribution in [0.5, 0.6) is 0 Å². The van der Waals surface area contributed by atoms with E-state index in [4.69, 9.17) is 0 Å². The molecule has 0 aliphatic carbocycles. The van der Waals surface area contributed by atoms with Gasteiger partial charge in [-0.05, 0) is 25.3 Å². The molecule has 0 atom stereocenters. The number of rotatable bonds is 0. The van der Waals surface area contributed by atoms with Crippen molar-refractivity contribution >= 4 is 32.8 Å². The first-order valence-electron chi connectivity index (χ1n) is 3.22. The molecule has 0 aromatic carbocycles. The van der Waals surface area contributed by atoms with Crippen molar-refractivity contribution in [2.45, 2.75) is 13.8 Å². The van der Waals surface area contributed by atoms with Crippen LogP contribution in [0.3, 0.4) is 0 Å². The molecule has 52 valence electrons. The molecule has 0 fully saturated rings. The fraction of sp³-hybridized carbons (Fsp3) is 0.250. The fourth-order valence-electron chi connectivity index (χ4n) is 1.19. The Bertz CT molecular complexity index is 323. The van der Waals surface area contributed by atoms with E-state index in [0.29, 0.717) is 0 Å². The van der Waals surface area contributed by atoms with Gasteiger partial charge in [-0.15, -0.1) is 22.7 Å². The number of fused-ring (bicyclic) bond motifs is 1. The Hall–Kier alpha value is -0.340. The minimum Gasteiger partial charge on any atom is -0.144 e. The lowest BCUT2D eigenvalue weighted by Crippen LogP contribution is -1.53. The lowest BCUT2D eigenvalue weighted by atomic mass is 10.3. The second-order valence-electron chi connectivity index (χ2n) is 2.38. The van der Waals surface area contributed by atoms with Crippen LogP contribution in [0.2, 0.25) is 0 Å². The molecule has 0 saturated heterocycles. The van der Waals surface area contributed by atoms with Crippen LogP contribution in [0.4, 0.5) is 0 Å². The summed E-state index contributed by atoms with van der Waals surface area (Å²) in [6.45, 7) is 4.38. The molecular formula is C8H8S2. The molecule has 0 radical (unpaired) electrons. The Morgan fingerprint density at radius 1 is 1.20 bits per heavy atom. The monoisotopic (exact) mass is 168 g/mol. The maximum atomic E-state index is 2.21. The molecule has 0 amide bonds. The molecular weight excluding hydrogens is 160 g/mol. The number of thiophene rings is 2. The Balaban J connectivity index is 2.98. The molecule has 2 aromatic heterocycles. The molecule has 0 unspecified atom stereocenters. The Kier molecular flexibility index (Phi) is 1.32. The number of aryl methyl sites for hydroxylation is 2. The molecule has 0 saturated carbocycles. The van der Waals surface area contributed by atoms with Gasteiger partial charge in [-0.1, -0.05) is 0 Å². The minimum absolute atomic E-state index is 1.45. The third-order valence-electron chi connectivity index (χ3n) is 1.67. The molecule has 0 bridgehead atoms. The van der Waals surface area contributed by atoms with Crippen LogP contribution in [0.15, 0.2) is 11.4 Å². The van der Waals surface area contributed by atoms with Crippen LogP contribution in [0.1, 0.15) is 9.75 Å². The lowest BCUT2D eigenvalue weighted by molar-refractivity contribution is 1.70. The summed E-state index contributed by atoms with van der Waals surface area (Å²) in [5.74, 6) is 0. The zero-order chi connectivity index (χ0) is 7.14. The van der Waals surface area contributed by atoms with Crippen LogP contribution in [-0.2, 0) is 0 Å². The quantitative estimate of drug-likeness (QED) is 0.564. The van der Waals surface area contributed by atoms with E-state index in [1.165, 1.54) is 19.8 Å². The van der Waals surface area contributed by atoms with Crippen molar-refractivity contribution in [1.29, 1.82) is 0 Å². The average Bonchev–Trinajstić information content (AvgIpc) is 2.39. The van der Waals surface area contributed by atoms with Crippen LogP contribution in [0, 0.1) is 13.8 Å². The summed E-state index contributed by atoms with van der Waals surface area (Å²) >= 11 is 3.74. The highest BCUT2D eigenvalue weighted by molar-refractivity contribution is 7.23. The van der Waals surface area contributed by atoms with E-state index in [9.17, 15) is 0 Å². The summed E-state index contributed by atoms with van der Waals surface area (Å²) in [5.41, 5.74) is 0. The van der Waals surface area contributed by atoms with Gasteiger partial charge >= 0.3 is 0 Å². The molecule has 0 nitrogen and oxygen atoms in total. The SMILES string of the molecule is Cc1sc(C)c2sccc12. The predicted molar refractivity (Wildman–Crippen MR) is 49.2 cm³/mol. The van der Waals surface area contributed by atoms with E-state index in [2.05, 4.69) is 25.3 Å². The number of hydrogen-bond acceptors (Lipinski definition) is 2. The summed E-state index contributed by atoms with van der Waals surface area (Å²) in [4.78, 5) is 2.91. The standard InChI is InChI=1S/C8H8S2/c1-5-7-3-4-9-8(7)6(2)10-5/h3-4H,1-2H3. The third-order valence-corrected chi connectivity index (χ3v) is 3.87. The van der Waals surface area contributed by atoms with Crippen molar-refractivity contribution in [2.75, 3.05) is 0 Å².